The molecule has 0 unspecified atom stereocenters. The van der Waals surface area contributed by atoms with Crippen LogP contribution in [0.2, 0.25) is 10.0 Å². The fraction of sp³-hybridized carbons (Fsp3) is 0.118. The molecule has 0 radical (unpaired) electrons. The first-order valence-electron chi connectivity index (χ1n) is 7.92. The maximum atomic E-state index is 12.4. The molecule has 0 saturated heterocycles. The van der Waals surface area contributed by atoms with E-state index in [1.807, 2.05) is 4.98 Å². The van der Waals surface area contributed by atoms with E-state index in [0.717, 1.165) is 0 Å². The molecular formula is C17H10Cl2F3N3O4S. The van der Waals surface area contributed by atoms with Crippen LogP contribution in [0.5, 0.6) is 11.5 Å². The Hall–Kier alpha value is -2.63. The molecule has 0 atom stereocenters. The number of rotatable bonds is 4. The van der Waals surface area contributed by atoms with E-state index in [0.29, 0.717) is 9.13 Å². The molecule has 0 spiro atoms. The van der Waals surface area contributed by atoms with E-state index in [9.17, 15) is 27.6 Å². The van der Waals surface area contributed by atoms with Crippen LogP contribution in [0.3, 0.4) is 0 Å². The molecule has 0 aliphatic carbocycles. The van der Waals surface area contributed by atoms with Crippen LogP contribution in [0.25, 0.3) is 5.69 Å². The number of aromatic amines is 1. The number of ether oxygens (including phenoxy) is 1. The highest BCUT2D eigenvalue weighted by atomic mass is 35.5. The summed E-state index contributed by atoms with van der Waals surface area (Å²) in [6, 6.07) is 7.48. The first-order chi connectivity index (χ1) is 14.0. The van der Waals surface area contributed by atoms with Gasteiger partial charge in [0.25, 0.3) is 0 Å². The Balaban J connectivity index is 1.95. The van der Waals surface area contributed by atoms with Gasteiger partial charge in [0.15, 0.2) is 5.75 Å². The van der Waals surface area contributed by atoms with Crippen molar-refractivity contribution in [2.75, 3.05) is 0 Å². The van der Waals surface area contributed by atoms with Crippen LogP contribution in [-0.4, -0.2) is 19.6 Å². The summed E-state index contributed by atoms with van der Waals surface area (Å²) >= 11 is 12.1. The van der Waals surface area contributed by atoms with E-state index in [2.05, 4.69) is 0 Å². The standard InChI is InChI=1S/C17H10Cl2F3N3O4S/c1-24-14(26)23-15(27)25(16(24)28)8-6-11(18)13(12(19)7-8)29-9-2-4-10(5-3-9)30-17(20,21)22/h2-7H,1H3,(H,23,26,27). The summed E-state index contributed by atoms with van der Waals surface area (Å²) < 4.78 is 44.1. The van der Waals surface area contributed by atoms with Gasteiger partial charge in [0.1, 0.15) is 5.75 Å². The van der Waals surface area contributed by atoms with Gasteiger partial charge in [0, 0.05) is 11.9 Å². The zero-order valence-electron chi connectivity index (χ0n) is 14.8. The summed E-state index contributed by atoms with van der Waals surface area (Å²) in [5, 5.41) is -0.155. The van der Waals surface area contributed by atoms with Crippen molar-refractivity contribution in [2.24, 2.45) is 7.05 Å². The summed E-state index contributed by atoms with van der Waals surface area (Å²) in [4.78, 5) is 37.7. The molecule has 0 bridgehead atoms. The van der Waals surface area contributed by atoms with Gasteiger partial charge in [-0.1, -0.05) is 23.2 Å². The van der Waals surface area contributed by atoms with Gasteiger partial charge >= 0.3 is 22.6 Å². The van der Waals surface area contributed by atoms with E-state index in [-0.39, 0.29) is 43.9 Å². The third kappa shape index (κ3) is 4.74. The van der Waals surface area contributed by atoms with Gasteiger partial charge in [-0.15, -0.1) is 0 Å². The second-order valence-corrected chi connectivity index (χ2v) is 7.72. The zero-order valence-corrected chi connectivity index (χ0v) is 17.1. The van der Waals surface area contributed by atoms with Crippen molar-refractivity contribution in [2.45, 2.75) is 10.4 Å². The Bertz CT molecular complexity index is 1260. The molecule has 1 aromatic heterocycles. The number of aromatic nitrogens is 3. The van der Waals surface area contributed by atoms with Gasteiger partial charge in [-0.25, -0.2) is 23.5 Å². The molecule has 2 aromatic carbocycles. The van der Waals surface area contributed by atoms with E-state index in [1.165, 1.54) is 43.4 Å². The number of thioether (sulfide) groups is 1. The summed E-state index contributed by atoms with van der Waals surface area (Å²) in [5.74, 6) is 0.128. The Kier molecular flexibility index (Phi) is 6.06. The van der Waals surface area contributed by atoms with Crippen LogP contribution in [0.1, 0.15) is 0 Å². The molecule has 0 aliphatic heterocycles. The maximum absolute atomic E-state index is 12.4. The van der Waals surface area contributed by atoms with Gasteiger partial charge in [-0.3, -0.25) is 4.98 Å². The Morgan fingerprint density at radius 1 is 1.00 bits per heavy atom. The molecule has 1 heterocycles. The number of hydrogen-bond acceptors (Lipinski definition) is 5. The molecule has 0 fully saturated rings. The molecule has 3 aromatic rings. The van der Waals surface area contributed by atoms with Gasteiger partial charge in [0.05, 0.1) is 15.7 Å². The van der Waals surface area contributed by atoms with Crippen molar-refractivity contribution in [3.63, 3.8) is 0 Å². The van der Waals surface area contributed by atoms with Gasteiger partial charge < -0.3 is 4.74 Å². The largest absolute Gasteiger partial charge is 0.454 e. The highest BCUT2D eigenvalue weighted by Gasteiger charge is 2.29. The molecule has 7 nitrogen and oxygen atoms in total. The van der Waals surface area contributed by atoms with E-state index in [1.54, 1.807) is 0 Å². The molecule has 3 rings (SSSR count). The number of benzene rings is 2. The lowest BCUT2D eigenvalue weighted by atomic mass is 10.3. The van der Waals surface area contributed by atoms with Gasteiger partial charge in [0.2, 0.25) is 0 Å². The zero-order chi connectivity index (χ0) is 22.2. The van der Waals surface area contributed by atoms with E-state index < -0.39 is 22.6 Å². The molecule has 13 heteroatoms. The number of H-pyrrole nitrogens is 1. The first kappa shape index (κ1) is 22.1. The van der Waals surface area contributed by atoms with Crippen LogP contribution < -0.4 is 21.8 Å². The second kappa shape index (κ2) is 8.25. The quantitative estimate of drug-likeness (QED) is 0.572. The number of halogens is 5. The van der Waals surface area contributed by atoms with Crippen LogP contribution >= 0.6 is 35.0 Å². The lowest BCUT2D eigenvalue weighted by molar-refractivity contribution is -0.0328. The molecular weight excluding hydrogens is 470 g/mol. The molecule has 30 heavy (non-hydrogen) atoms. The molecule has 158 valence electrons. The average Bonchev–Trinajstić information content (AvgIpc) is 2.63. The normalized spacial score (nSPS) is 11.5. The van der Waals surface area contributed by atoms with E-state index >= 15 is 0 Å². The first-order valence-corrected chi connectivity index (χ1v) is 9.49. The predicted molar refractivity (Wildman–Crippen MR) is 106 cm³/mol. The summed E-state index contributed by atoms with van der Waals surface area (Å²) in [6.07, 6.45) is 0. The fourth-order valence-electron chi connectivity index (χ4n) is 2.38. The SMILES string of the molecule is Cn1c(=O)[nH]c(=O)n(-c2cc(Cl)c(Oc3ccc(SC(F)(F)F)cc3)c(Cl)c2)c1=O. The highest BCUT2D eigenvalue weighted by molar-refractivity contribution is 8.00. The number of hydrogen-bond donors (Lipinski definition) is 1. The van der Waals surface area contributed by atoms with Gasteiger partial charge in [-0.05, 0) is 48.2 Å². The lowest BCUT2D eigenvalue weighted by Crippen LogP contribution is -2.47. The molecule has 0 amide bonds. The minimum atomic E-state index is -4.41. The fourth-order valence-corrected chi connectivity index (χ4v) is 3.48. The van der Waals surface area contributed by atoms with Gasteiger partial charge in [-0.2, -0.15) is 13.2 Å². The summed E-state index contributed by atoms with van der Waals surface area (Å²) in [6.45, 7) is 0. The van der Waals surface area contributed by atoms with Crippen molar-refractivity contribution in [1.29, 1.82) is 0 Å². The lowest BCUT2D eigenvalue weighted by Gasteiger charge is -2.13. The Morgan fingerprint density at radius 3 is 2.10 bits per heavy atom. The predicted octanol–water partition coefficient (Wildman–Crippen LogP) is 3.94. The number of nitrogens with zero attached hydrogens (tertiary/aromatic N) is 2. The van der Waals surface area contributed by atoms with Crippen LogP contribution in [0.15, 0.2) is 55.7 Å². The smallest absolute Gasteiger partial charge is 0.446 e. The van der Waals surface area contributed by atoms with Crippen LogP contribution in [0, 0.1) is 0 Å². The second-order valence-electron chi connectivity index (χ2n) is 5.77. The topological polar surface area (TPSA) is 86.1 Å². The average molecular weight is 480 g/mol. The summed E-state index contributed by atoms with van der Waals surface area (Å²) in [7, 11) is 1.18. The molecule has 1 N–H and O–H groups in total. The molecule has 0 saturated carbocycles. The third-order valence-electron chi connectivity index (χ3n) is 3.72. The van der Waals surface area contributed by atoms with Crippen molar-refractivity contribution < 1.29 is 17.9 Å². The van der Waals surface area contributed by atoms with Crippen LogP contribution in [0.4, 0.5) is 13.2 Å². The van der Waals surface area contributed by atoms with Crippen molar-refractivity contribution in [3.05, 3.63) is 77.9 Å². The Labute approximate surface area is 179 Å². The monoisotopic (exact) mass is 479 g/mol. The molecule has 0 aliphatic rings. The third-order valence-corrected chi connectivity index (χ3v) is 5.02. The number of nitrogens with one attached hydrogen (secondary N) is 1. The Morgan fingerprint density at radius 2 is 1.57 bits per heavy atom. The number of alkyl halides is 3. The van der Waals surface area contributed by atoms with Crippen molar-refractivity contribution in [1.82, 2.24) is 14.1 Å². The van der Waals surface area contributed by atoms with Crippen molar-refractivity contribution >= 4 is 35.0 Å². The van der Waals surface area contributed by atoms with Crippen molar-refractivity contribution in [3.8, 4) is 17.2 Å². The highest BCUT2D eigenvalue weighted by Crippen LogP contribution is 2.40. The summed E-state index contributed by atoms with van der Waals surface area (Å²) in [5.41, 5.74) is -7.22. The minimum absolute atomic E-state index is 0.0175. The van der Waals surface area contributed by atoms with Crippen LogP contribution in [-0.2, 0) is 7.05 Å². The maximum Gasteiger partial charge on any atom is 0.446 e. The van der Waals surface area contributed by atoms with E-state index in [4.69, 9.17) is 27.9 Å². The minimum Gasteiger partial charge on any atom is -0.454 e.